The molecule has 0 radical (unpaired) electrons. The lowest BCUT2D eigenvalue weighted by atomic mass is 9.74. The van der Waals surface area contributed by atoms with E-state index in [1.807, 2.05) is 67.6 Å². The van der Waals surface area contributed by atoms with Crippen molar-refractivity contribution in [2.45, 2.75) is 94.7 Å². The highest BCUT2D eigenvalue weighted by Crippen LogP contribution is 2.39. The number of carbonyl (C=O) groups is 1. The van der Waals surface area contributed by atoms with Gasteiger partial charge in [-0.25, -0.2) is 4.79 Å². The van der Waals surface area contributed by atoms with Gasteiger partial charge in [0.2, 0.25) is 0 Å². The van der Waals surface area contributed by atoms with Crippen molar-refractivity contribution in [3.8, 4) is 0 Å². The number of rotatable bonds is 10. The smallest absolute Gasteiger partial charge is 0.410 e. The van der Waals surface area contributed by atoms with Crippen molar-refractivity contribution in [2.24, 2.45) is 16.1 Å². The summed E-state index contributed by atoms with van der Waals surface area (Å²) in [6.45, 7) is 2.38. The maximum Gasteiger partial charge on any atom is 0.410 e. The summed E-state index contributed by atoms with van der Waals surface area (Å²) in [7, 11) is 0. The molecule has 1 aliphatic carbocycles. The van der Waals surface area contributed by atoms with Crippen LogP contribution in [0.15, 0.2) is 70.9 Å². The number of nitrogens with zero attached hydrogens (tertiary/aromatic N) is 7. The molecule has 2 fully saturated rings. The molecule has 218 valence electrons. The molecule has 2 N–H and O–H groups in total. The average molecular weight is 564 g/mol. The molecule has 0 bridgehead atoms. The molecule has 0 spiro atoms. The Labute approximate surface area is 239 Å². The number of amides is 1. The summed E-state index contributed by atoms with van der Waals surface area (Å²) >= 11 is 0. The Kier molecular flexibility index (Phi) is 10.8. The average Bonchev–Trinajstić information content (AvgIpc) is 3.00. The minimum absolute atomic E-state index is 0.120. The monoisotopic (exact) mass is 563 g/mol. The summed E-state index contributed by atoms with van der Waals surface area (Å²) in [5, 5.41) is 29.3. The first kappa shape index (κ1) is 30.2. The normalized spacial score (nSPS) is 28.4. The van der Waals surface area contributed by atoms with E-state index in [1.165, 1.54) is 0 Å². The zero-order valence-electron chi connectivity index (χ0n) is 23.1. The molecule has 8 atom stereocenters. The zero-order valence-corrected chi connectivity index (χ0v) is 23.1. The molecule has 1 heterocycles. The van der Waals surface area contributed by atoms with Gasteiger partial charge in [0.15, 0.2) is 0 Å². The molecule has 1 saturated carbocycles. The van der Waals surface area contributed by atoms with E-state index in [0.29, 0.717) is 32.2 Å². The van der Waals surface area contributed by atoms with Crippen LogP contribution in [-0.4, -0.2) is 63.7 Å². The van der Waals surface area contributed by atoms with E-state index in [-0.39, 0.29) is 13.0 Å². The second-order valence-corrected chi connectivity index (χ2v) is 10.6. The molecule has 2 aromatic rings. The van der Waals surface area contributed by atoms with Crippen LogP contribution < -0.4 is 0 Å². The lowest BCUT2D eigenvalue weighted by molar-refractivity contribution is -0.162. The number of hydrogen-bond donors (Lipinski definition) is 2. The van der Waals surface area contributed by atoms with Crippen LogP contribution in [0.5, 0.6) is 0 Å². The van der Waals surface area contributed by atoms with E-state index in [9.17, 15) is 26.1 Å². The van der Waals surface area contributed by atoms with Gasteiger partial charge in [-0.05, 0) is 54.3 Å². The first-order valence-corrected chi connectivity index (χ1v) is 14.1. The largest absolute Gasteiger partial charge is 0.445 e. The lowest BCUT2D eigenvalue weighted by Crippen LogP contribution is -2.58. The van der Waals surface area contributed by atoms with Gasteiger partial charge in [0, 0.05) is 28.3 Å². The quantitative estimate of drug-likeness (QED) is 0.215. The van der Waals surface area contributed by atoms with Crippen LogP contribution >= 0.6 is 0 Å². The number of aliphatic hydroxyl groups is 2. The van der Waals surface area contributed by atoms with Crippen molar-refractivity contribution in [1.82, 2.24) is 4.90 Å². The highest BCUT2D eigenvalue weighted by atomic mass is 16.6. The zero-order chi connectivity index (χ0) is 29.2. The van der Waals surface area contributed by atoms with Gasteiger partial charge in [0.05, 0.1) is 36.5 Å². The third-order valence-electron chi connectivity index (χ3n) is 8.11. The SMILES string of the molecule is CC[C@H]([C@@H]1CCC(N=[N+]=[N-])C([C@@H]2C(N=[N+]=[N-])CC[C@H](O)[C@H]2O)O1)N(Cc1ccccc1)C(=O)OCc1ccccc1. The van der Waals surface area contributed by atoms with Gasteiger partial charge in [0.1, 0.15) is 6.61 Å². The van der Waals surface area contributed by atoms with Gasteiger partial charge in [-0.3, -0.25) is 4.90 Å². The van der Waals surface area contributed by atoms with Crippen LogP contribution in [0.2, 0.25) is 0 Å². The maximum absolute atomic E-state index is 13.6. The second-order valence-electron chi connectivity index (χ2n) is 10.6. The van der Waals surface area contributed by atoms with Crippen LogP contribution in [0.3, 0.4) is 0 Å². The summed E-state index contributed by atoms with van der Waals surface area (Å²) in [6, 6.07) is 17.4. The molecule has 1 saturated heterocycles. The third kappa shape index (κ3) is 7.49. The van der Waals surface area contributed by atoms with E-state index >= 15 is 0 Å². The molecule has 12 heteroatoms. The van der Waals surface area contributed by atoms with E-state index in [1.54, 1.807) is 4.90 Å². The van der Waals surface area contributed by atoms with E-state index < -0.39 is 54.6 Å². The summed E-state index contributed by atoms with van der Waals surface area (Å²) in [6.07, 6.45) is -1.92. The Morgan fingerprint density at radius 1 is 0.976 bits per heavy atom. The summed E-state index contributed by atoms with van der Waals surface area (Å²) in [4.78, 5) is 21.2. The summed E-state index contributed by atoms with van der Waals surface area (Å²) in [5.41, 5.74) is 20.2. The van der Waals surface area contributed by atoms with Crippen molar-refractivity contribution in [2.75, 3.05) is 0 Å². The fourth-order valence-corrected chi connectivity index (χ4v) is 6.07. The Bertz CT molecular complexity index is 1220. The lowest BCUT2D eigenvalue weighted by Gasteiger charge is -2.48. The predicted molar refractivity (Wildman–Crippen MR) is 151 cm³/mol. The Morgan fingerprint density at radius 2 is 1.59 bits per heavy atom. The van der Waals surface area contributed by atoms with Crippen molar-refractivity contribution in [3.05, 3.63) is 92.7 Å². The van der Waals surface area contributed by atoms with Gasteiger partial charge >= 0.3 is 6.09 Å². The van der Waals surface area contributed by atoms with Gasteiger partial charge in [-0.15, -0.1) is 0 Å². The molecule has 41 heavy (non-hydrogen) atoms. The number of ether oxygens (including phenoxy) is 2. The van der Waals surface area contributed by atoms with Crippen LogP contribution in [0.1, 0.15) is 50.2 Å². The predicted octanol–water partition coefficient (Wildman–Crippen LogP) is 5.64. The molecular formula is C29H37N7O5. The molecule has 3 unspecified atom stereocenters. The number of aliphatic hydroxyl groups excluding tert-OH is 2. The molecule has 2 aliphatic rings. The van der Waals surface area contributed by atoms with Crippen LogP contribution in [0, 0.1) is 5.92 Å². The highest BCUT2D eigenvalue weighted by molar-refractivity contribution is 5.68. The van der Waals surface area contributed by atoms with Crippen molar-refractivity contribution < 1.29 is 24.5 Å². The van der Waals surface area contributed by atoms with Crippen molar-refractivity contribution >= 4 is 6.09 Å². The Balaban J connectivity index is 1.62. The molecule has 2 aromatic carbocycles. The van der Waals surface area contributed by atoms with Crippen LogP contribution in [0.25, 0.3) is 20.9 Å². The van der Waals surface area contributed by atoms with E-state index in [2.05, 4.69) is 20.1 Å². The van der Waals surface area contributed by atoms with Gasteiger partial charge < -0.3 is 19.7 Å². The van der Waals surface area contributed by atoms with Crippen LogP contribution in [-0.2, 0) is 22.6 Å². The number of azide groups is 2. The summed E-state index contributed by atoms with van der Waals surface area (Å²) < 4.78 is 12.4. The highest BCUT2D eigenvalue weighted by Gasteiger charge is 2.48. The topological polar surface area (TPSA) is 177 Å². The molecule has 1 amide bonds. The first-order chi connectivity index (χ1) is 20.0. The third-order valence-corrected chi connectivity index (χ3v) is 8.11. The van der Waals surface area contributed by atoms with Crippen molar-refractivity contribution in [1.29, 1.82) is 0 Å². The number of benzene rings is 2. The Hall–Kier alpha value is -3.79. The van der Waals surface area contributed by atoms with Crippen LogP contribution in [0.4, 0.5) is 4.79 Å². The fraction of sp³-hybridized carbons (Fsp3) is 0.552. The van der Waals surface area contributed by atoms with Gasteiger partial charge in [-0.2, -0.15) is 0 Å². The fourth-order valence-electron chi connectivity index (χ4n) is 6.07. The standard InChI is InChI=1S/C29H37N7O5/c1-2-23(36(17-19-9-5-3-6-10-19)29(39)40-18-20-11-7-4-8-12-20)25-16-14-22(33-35-31)28(41-25)26-21(32-34-30)13-15-24(37)27(26)38/h3-12,21-28,37-38H,2,13-18H2,1H3/t21?,22?,23-,24+,25+,26-,27-,28?/m1/s1. The van der Waals surface area contributed by atoms with Gasteiger partial charge in [0.25, 0.3) is 0 Å². The molecular weight excluding hydrogens is 526 g/mol. The number of hydrogen-bond acceptors (Lipinski definition) is 7. The molecule has 12 nitrogen and oxygen atoms in total. The number of carbonyl (C=O) groups excluding carboxylic acids is 1. The first-order valence-electron chi connectivity index (χ1n) is 14.1. The molecule has 4 rings (SSSR count). The Morgan fingerprint density at radius 3 is 2.22 bits per heavy atom. The van der Waals surface area contributed by atoms with E-state index in [0.717, 1.165) is 11.1 Å². The van der Waals surface area contributed by atoms with E-state index in [4.69, 9.17) is 9.47 Å². The minimum atomic E-state index is -1.23. The molecule has 1 aliphatic heterocycles. The molecule has 0 aromatic heterocycles. The van der Waals surface area contributed by atoms with Gasteiger partial charge in [-0.1, -0.05) is 77.8 Å². The maximum atomic E-state index is 13.6. The second kappa shape index (κ2) is 14.7. The summed E-state index contributed by atoms with van der Waals surface area (Å²) in [5.74, 6) is -0.780. The van der Waals surface area contributed by atoms with Crippen molar-refractivity contribution in [3.63, 3.8) is 0 Å². The minimum Gasteiger partial charge on any atom is -0.445 e.